The Kier molecular flexibility index (Phi) is 4.46. The molecule has 1 aliphatic heterocycles. The summed E-state index contributed by atoms with van der Waals surface area (Å²) in [6.45, 7) is 8.15. The molecule has 1 heterocycles. The maximum Gasteiger partial charge on any atom is 0.415 e. The van der Waals surface area contributed by atoms with Crippen LogP contribution < -0.4 is 10.2 Å². The Bertz CT molecular complexity index is 554. The molecule has 0 spiro atoms. The van der Waals surface area contributed by atoms with E-state index in [2.05, 4.69) is 5.32 Å². The molecule has 21 heavy (non-hydrogen) atoms. The normalized spacial score (nSPS) is 18.3. The zero-order chi connectivity index (χ0) is 15.6. The molecule has 1 saturated heterocycles. The molecule has 2 amide bonds. The lowest BCUT2D eigenvalue weighted by atomic mass is 10.0. The van der Waals surface area contributed by atoms with Crippen molar-refractivity contribution in [1.29, 1.82) is 0 Å². The summed E-state index contributed by atoms with van der Waals surface area (Å²) in [7, 11) is 0. The van der Waals surface area contributed by atoms with Gasteiger partial charge in [0.25, 0.3) is 5.24 Å². The van der Waals surface area contributed by atoms with Crippen molar-refractivity contribution in [2.24, 2.45) is 0 Å². The molecule has 1 aliphatic rings. The number of thioether (sulfide) groups is 1. The molecule has 0 aromatic heterocycles. The monoisotopic (exact) mass is 308 g/mol. The number of rotatable bonds is 2. The maximum atomic E-state index is 12.6. The Morgan fingerprint density at radius 2 is 2.05 bits per heavy atom. The van der Waals surface area contributed by atoms with E-state index in [1.807, 2.05) is 52.0 Å². The van der Waals surface area contributed by atoms with E-state index in [0.717, 1.165) is 23.0 Å². The predicted molar refractivity (Wildman–Crippen MR) is 84.7 cm³/mol. The van der Waals surface area contributed by atoms with Crippen molar-refractivity contribution >= 4 is 28.8 Å². The highest BCUT2D eigenvalue weighted by molar-refractivity contribution is 8.14. The number of benzene rings is 1. The summed E-state index contributed by atoms with van der Waals surface area (Å²) in [5.41, 5.74) is 0.915. The van der Waals surface area contributed by atoms with Crippen molar-refractivity contribution in [3.8, 4) is 0 Å². The van der Waals surface area contributed by atoms with Gasteiger partial charge in [-0.25, -0.2) is 4.79 Å². The molecule has 0 saturated carbocycles. The lowest BCUT2D eigenvalue weighted by Crippen LogP contribution is -2.47. The molecule has 1 aromatic carbocycles. The third-order valence-corrected chi connectivity index (χ3v) is 3.98. The zero-order valence-electron chi connectivity index (χ0n) is 12.7. The average Bonchev–Trinajstić information content (AvgIpc) is 2.76. The number of ether oxygens (including phenoxy) is 1. The Balaban J connectivity index is 2.23. The number of para-hydroxylation sites is 1. The van der Waals surface area contributed by atoms with Gasteiger partial charge in [-0.2, -0.15) is 0 Å². The van der Waals surface area contributed by atoms with Crippen LogP contribution >= 0.6 is 11.8 Å². The van der Waals surface area contributed by atoms with Crippen LogP contribution in [0.25, 0.3) is 0 Å². The first-order valence-electron chi connectivity index (χ1n) is 6.80. The first-order chi connectivity index (χ1) is 9.79. The number of hydrogen-bond acceptors (Lipinski definition) is 4. The van der Waals surface area contributed by atoms with Gasteiger partial charge in [-0.1, -0.05) is 18.2 Å². The molecule has 1 unspecified atom stereocenters. The van der Waals surface area contributed by atoms with E-state index < -0.39 is 17.1 Å². The number of carbonyl (C=O) groups is 2. The van der Waals surface area contributed by atoms with Gasteiger partial charge >= 0.3 is 6.09 Å². The third kappa shape index (κ3) is 3.69. The zero-order valence-corrected chi connectivity index (χ0v) is 13.5. The van der Waals surface area contributed by atoms with E-state index in [0.29, 0.717) is 6.54 Å². The molecule has 6 heteroatoms. The van der Waals surface area contributed by atoms with Gasteiger partial charge in [-0.3, -0.25) is 9.69 Å². The van der Waals surface area contributed by atoms with E-state index in [-0.39, 0.29) is 5.24 Å². The van der Waals surface area contributed by atoms with E-state index in [4.69, 9.17) is 4.74 Å². The van der Waals surface area contributed by atoms with Gasteiger partial charge in [0, 0.05) is 5.54 Å². The van der Waals surface area contributed by atoms with Gasteiger partial charge in [0.05, 0.1) is 12.2 Å². The minimum Gasteiger partial charge on any atom is -0.432 e. The minimum atomic E-state index is -0.473. The second kappa shape index (κ2) is 5.97. The van der Waals surface area contributed by atoms with Crippen LogP contribution in [0, 0.1) is 6.92 Å². The number of aryl methyl sites for hydroxylation is 1. The van der Waals surface area contributed by atoms with Crippen LogP contribution in [0.2, 0.25) is 0 Å². The number of hydrogen-bond donors (Lipinski definition) is 1. The number of nitrogens with zero attached hydrogens (tertiary/aromatic N) is 1. The highest BCUT2D eigenvalue weighted by Crippen LogP contribution is 2.29. The van der Waals surface area contributed by atoms with Gasteiger partial charge in [-0.05, 0) is 51.1 Å². The number of nitrogens with one attached hydrogen (secondary N) is 1. The molecule has 5 nitrogen and oxygen atoms in total. The topological polar surface area (TPSA) is 58.6 Å². The van der Waals surface area contributed by atoms with Crippen LogP contribution in [0.1, 0.15) is 26.3 Å². The van der Waals surface area contributed by atoms with Gasteiger partial charge in [0.15, 0.2) is 5.44 Å². The molecular formula is C15H20N2O3S. The fourth-order valence-corrected chi connectivity index (χ4v) is 2.85. The SMILES string of the molecule is Cc1ccccc1N(C(=O)OC1CNC(=O)S1)C(C)(C)C. The predicted octanol–water partition coefficient (Wildman–Crippen LogP) is 3.52. The smallest absolute Gasteiger partial charge is 0.415 e. The Labute approximate surface area is 129 Å². The third-order valence-electron chi connectivity index (χ3n) is 3.09. The van der Waals surface area contributed by atoms with E-state index in [1.165, 1.54) is 0 Å². The van der Waals surface area contributed by atoms with E-state index in [1.54, 1.807) is 4.90 Å². The average molecular weight is 308 g/mol. The molecule has 1 N–H and O–H groups in total. The fraction of sp³-hybridized carbons (Fsp3) is 0.467. The second-order valence-electron chi connectivity index (χ2n) is 5.89. The summed E-state index contributed by atoms with van der Waals surface area (Å²) in [6.07, 6.45) is -0.439. The Hall–Kier alpha value is -1.69. The number of amides is 2. The Morgan fingerprint density at radius 1 is 1.38 bits per heavy atom. The van der Waals surface area contributed by atoms with Crippen molar-refractivity contribution in [3.05, 3.63) is 29.8 Å². The highest BCUT2D eigenvalue weighted by Gasteiger charge is 2.34. The van der Waals surface area contributed by atoms with E-state index in [9.17, 15) is 9.59 Å². The molecule has 0 bridgehead atoms. The summed E-state index contributed by atoms with van der Waals surface area (Å²) < 4.78 is 5.45. The first-order valence-corrected chi connectivity index (χ1v) is 7.68. The first kappa shape index (κ1) is 15.7. The van der Waals surface area contributed by atoms with Crippen molar-refractivity contribution in [1.82, 2.24) is 5.32 Å². The van der Waals surface area contributed by atoms with Gasteiger partial charge in [-0.15, -0.1) is 0 Å². The molecule has 114 valence electrons. The second-order valence-corrected chi connectivity index (χ2v) is 7.02. The fourth-order valence-electron chi connectivity index (χ4n) is 2.15. The quantitative estimate of drug-likeness (QED) is 0.908. The molecule has 1 aromatic rings. The molecular weight excluding hydrogens is 288 g/mol. The number of carbonyl (C=O) groups excluding carboxylic acids is 2. The summed E-state index contributed by atoms with van der Waals surface area (Å²) >= 11 is 1.00. The Morgan fingerprint density at radius 3 is 2.57 bits per heavy atom. The van der Waals surface area contributed by atoms with Crippen LogP contribution in [-0.4, -0.2) is 28.9 Å². The van der Waals surface area contributed by atoms with Crippen molar-refractivity contribution < 1.29 is 14.3 Å². The van der Waals surface area contributed by atoms with Crippen LogP contribution in [0.3, 0.4) is 0 Å². The molecule has 0 radical (unpaired) electrons. The largest absolute Gasteiger partial charge is 0.432 e. The molecule has 2 rings (SSSR count). The molecule has 0 aliphatic carbocycles. The summed E-state index contributed by atoms with van der Waals surface area (Å²) in [4.78, 5) is 25.4. The lowest BCUT2D eigenvalue weighted by molar-refractivity contribution is 0.140. The van der Waals surface area contributed by atoms with Crippen molar-refractivity contribution in [2.75, 3.05) is 11.4 Å². The molecule has 1 fully saturated rings. The van der Waals surface area contributed by atoms with Gasteiger partial charge < -0.3 is 10.1 Å². The highest BCUT2D eigenvalue weighted by atomic mass is 32.2. The maximum absolute atomic E-state index is 12.6. The van der Waals surface area contributed by atoms with E-state index >= 15 is 0 Å². The van der Waals surface area contributed by atoms with Crippen LogP contribution in [0.15, 0.2) is 24.3 Å². The minimum absolute atomic E-state index is 0.161. The van der Waals surface area contributed by atoms with Crippen molar-refractivity contribution in [2.45, 2.75) is 38.7 Å². The summed E-state index contributed by atoms with van der Waals surface area (Å²) in [6, 6.07) is 7.67. The van der Waals surface area contributed by atoms with Crippen LogP contribution in [0.4, 0.5) is 15.3 Å². The summed E-state index contributed by atoms with van der Waals surface area (Å²) in [5, 5.41) is 2.47. The molecule has 1 atom stereocenters. The van der Waals surface area contributed by atoms with Gasteiger partial charge in [0.1, 0.15) is 0 Å². The van der Waals surface area contributed by atoms with Crippen LogP contribution in [-0.2, 0) is 4.74 Å². The lowest BCUT2D eigenvalue weighted by Gasteiger charge is -2.36. The number of anilines is 1. The van der Waals surface area contributed by atoms with Crippen LogP contribution in [0.5, 0.6) is 0 Å². The van der Waals surface area contributed by atoms with Gasteiger partial charge in [0.2, 0.25) is 0 Å². The standard InChI is InChI=1S/C15H20N2O3S/c1-10-7-5-6-8-11(10)17(15(2,3)4)14(19)20-12-9-16-13(18)21-12/h5-8,12H,9H2,1-4H3,(H,16,18). The summed E-state index contributed by atoms with van der Waals surface area (Å²) in [5.74, 6) is 0. The van der Waals surface area contributed by atoms with Crippen molar-refractivity contribution in [3.63, 3.8) is 0 Å².